The average Bonchev–Trinajstić information content (AvgIpc) is 2.86. The van der Waals surface area contributed by atoms with E-state index in [0.717, 1.165) is 19.4 Å². The molecule has 0 saturated heterocycles. The normalized spacial score (nSPS) is 16.2. The maximum atomic E-state index is 11.1. The fourth-order valence-electron chi connectivity index (χ4n) is 2.95. The molecule has 0 spiro atoms. The minimum absolute atomic E-state index is 0.151. The standard InChI is InChI=1S/C16H23NO2/c1-12-7-8-13(2)14(9-12)10-17(11-16(18)19)15-5-3-4-6-15/h7-9,15H,3-6,10-11H2,1-2H3,(H,18,19). The smallest absolute Gasteiger partial charge is 0.317 e. The fraction of sp³-hybridized carbons (Fsp3) is 0.562. The van der Waals surface area contributed by atoms with Crippen LogP contribution in [0.1, 0.15) is 42.4 Å². The number of aliphatic carboxylic acids is 1. The first-order valence-electron chi connectivity index (χ1n) is 7.08. The quantitative estimate of drug-likeness (QED) is 0.885. The van der Waals surface area contributed by atoms with E-state index in [9.17, 15) is 4.79 Å². The van der Waals surface area contributed by atoms with Crippen LogP contribution >= 0.6 is 0 Å². The average molecular weight is 261 g/mol. The maximum absolute atomic E-state index is 11.1. The number of hydrogen-bond acceptors (Lipinski definition) is 2. The molecular weight excluding hydrogens is 238 g/mol. The number of benzene rings is 1. The molecule has 1 aromatic carbocycles. The zero-order chi connectivity index (χ0) is 13.8. The van der Waals surface area contributed by atoms with Gasteiger partial charge in [-0.2, -0.15) is 0 Å². The van der Waals surface area contributed by atoms with Crippen LogP contribution in [0.4, 0.5) is 0 Å². The lowest BCUT2D eigenvalue weighted by atomic mass is 10.0. The number of aryl methyl sites for hydroxylation is 2. The third-order valence-electron chi connectivity index (χ3n) is 4.06. The number of carbonyl (C=O) groups is 1. The Morgan fingerprint density at radius 1 is 1.32 bits per heavy atom. The highest BCUT2D eigenvalue weighted by molar-refractivity contribution is 5.69. The molecule has 0 bridgehead atoms. The van der Waals surface area contributed by atoms with E-state index in [-0.39, 0.29) is 6.54 Å². The second kappa shape index (κ2) is 6.20. The molecule has 0 aromatic heterocycles. The lowest BCUT2D eigenvalue weighted by Gasteiger charge is -2.28. The van der Waals surface area contributed by atoms with Crippen LogP contribution in [0.5, 0.6) is 0 Å². The SMILES string of the molecule is Cc1ccc(C)c(CN(CC(=O)O)C2CCCC2)c1. The van der Waals surface area contributed by atoms with Crippen molar-refractivity contribution in [1.29, 1.82) is 0 Å². The summed E-state index contributed by atoms with van der Waals surface area (Å²) in [5.74, 6) is -0.725. The summed E-state index contributed by atoms with van der Waals surface area (Å²) in [4.78, 5) is 13.2. The van der Waals surface area contributed by atoms with Gasteiger partial charge in [-0.05, 0) is 37.8 Å². The molecule has 1 aliphatic carbocycles. The van der Waals surface area contributed by atoms with Crippen LogP contribution < -0.4 is 0 Å². The van der Waals surface area contributed by atoms with Gasteiger partial charge in [-0.15, -0.1) is 0 Å². The summed E-state index contributed by atoms with van der Waals surface area (Å²) in [6.45, 7) is 5.09. The van der Waals surface area contributed by atoms with E-state index in [1.54, 1.807) is 0 Å². The molecule has 1 fully saturated rings. The van der Waals surface area contributed by atoms with E-state index in [4.69, 9.17) is 5.11 Å². The number of carboxylic acid groups (broad SMARTS) is 1. The molecule has 0 radical (unpaired) electrons. The summed E-state index contributed by atoms with van der Waals surface area (Å²) in [6.07, 6.45) is 4.73. The molecule has 0 aliphatic heterocycles. The van der Waals surface area contributed by atoms with E-state index in [1.165, 1.54) is 29.5 Å². The second-order valence-corrected chi connectivity index (χ2v) is 5.67. The highest BCUT2D eigenvalue weighted by atomic mass is 16.4. The van der Waals surface area contributed by atoms with Crippen molar-refractivity contribution in [3.05, 3.63) is 34.9 Å². The summed E-state index contributed by atoms with van der Waals surface area (Å²) in [7, 11) is 0. The molecule has 0 amide bonds. The van der Waals surface area contributed by atoms with Crippen LogP contribution in [0.2, 0.25) is 0 Å². The van der Waals surface area contributed by atoms with Crippen molar-refractivity contribution in [1.82, 2.24) is 4.90 Å². The molecule has 1 aliphatic rings. The first-order valence-corrected chi connectivity index (χ1v) is 7.08. The van der Waals surface area contributed by atoms with Gasteiger partial charge in [-0.1, -0.05) is 36.6 Å². The topological polar surface area (TPSA) is 40.5 Å². The van der Waals surface area contributed by atoms with Crippen molar-refractivity contribution in [2.24, 2.45) is 0 Å². The van der Waals surface area contributed by atoms with E-state index in [1.807, 2.05) is 0 Å². The van der Waals surface area contributed by atoms with Crippen molar-refractivity contribution < 1.29 is 9.90 Å². The minimum Gasteiger partial charge on any atom is -0.480 e. The van der Waals surface area contributed by atoms with Gasteiger partial charge in [0, 0.05) is 12.6 Å². The van der Waals surface area contributed by atoms with E-state index in [0.29, 0.717) is 6.04 Å². The molecule has 1 aromatic rings. The third kappa shape index (κ3) is 3.80. The molecule has 0 unspecified atom stereocenters. The molecule has 19 heavy (non-hydrogen) atoms. The van der Waals surface area contributed by atoms with Gasteiger partial charge in [0.15, 0.2) is 0 Å². The Labute approximate surface area is 115 Å². The Morgan fingerprint density at radius 3 is 2.63 bits per heavy atom. The van der Waals surface area contributed by atoms with Crippen molar-refractivity contribution in [3.63, 3.8) is 0 Å². The van der Waals surface area contributed by atoms with Crippen molar-refractivity contribution in [3.8, 4) is 0 Å². The molecular formula is C16H23NO2. The lowest BCUT2D eigenvalue weighted by Crippen LogP contribution is -2.37. The highest BCUT2D eigenvalue weighted by Crippen LogP contribution is 2.25. The predicted octanol–water partition coefficient (Wildman–Crippen LogP) is 3.13. The van der Waals surface area contributed by atoms with Gasteiger partial charge in [0.1, 0.15) is 0 Å². The minimum atomic E-state index is -0.725. The van der Waals surface area contributed by atoms with Crippen molar-refractivity contribution in [2.45, 2.75) is 52.1 Å². The molecule has 1 saturated carbocycles. The summed E-state index contributed by atoms with van der Waals surface area (Å²) < 4.78 is 0. The summed E-state index contributed by atoms with van der Waals surface area (Å²) >= 11 is 0. The largest absolute Gasteiger partial charge is 0.480 e. The van der Waals surface area contributed by atoms with Crippen LogP contribution in [0.15, 0.2) is 18.2 Å². The molecule has 2 rings (SSSR count). The number of carboxylic acids is 1. The van der Waals surface area contributed by atoms with Gasteiger partial charge in [0.05, 0.1) is 6.54 Å². The van der Waals surface area contributed by atoms with Crippen LogP contribution in [0.3, 0.4) is 0 Å². The molecule has 0 atom stereocenters. The van der Waals surface area contributed by atoms with Crippen molar-refractivity contribution >= 4 is 5.97 Å². The van der Waals surface area contributed by atoms with Gasteiger partial charge in [-0.25, -0.2) is 0 Å². The van der Waals surface area contributed by atoms with Gasteiger partial charge < -0.3 is 5.11 Å². The Balaban J connectivity index is 2.14. The van der Waals surface area contributed by atoms with Crippen molar-refractivity contribution in [2.75, 3.05) is 6.54 Å². The zero-order valence-corrected chi connectivity index (χ0v) is 11.9. The highest BCUT2D eigenvalue weighted by Gasteiger charge is 2.24. The second-order valence-electron chi connectivity index (χ2n) is 5.67. The molecule has 3 heteroatoms. The molecule has 1 N–H and O–H groups in total. The Kier molecular flexibility index (Phi) is 4.59. The van der Waals surface area contributed by atoms with E-state index in [2.05, 4.69) is 36.9 Å². The Bertz CT molecular complexity index is 450. The molecule has 0 heterocycles. The third-order valence-corrected chi connectivity index (χ3v) is 4.06. The summed E-state index contributed by atoms with van der Waals surface area (Å²) in [5.41, 5.74) is 3.74. The van der Waals surface area contributed by atoms with Gasteiger partial charge in [-0.3, -0.25) is 9.69 Å². The van der Waals surface area contributed by atoms with Gasteiger partial charge >= 0.3 is 5.97 Å². The first kappa shape index (κ1) is 14.1. The summed E-state index contributed by atoms with van der Waals surface area (Å²) in [6, 6.07) is 6.85. The van der Waals surface area contributed by atoms with Crippen LogP contribution in [-0.2, 0) is 11.3 Å². The molecule has 104 valence electrons. The Morgan fingerprint density at radius 2 is 2.00 bits per heavy atom. The van der Waals surface area contributed by atoms with Crippen LogP contribution in [0.25, 0.3) is 0 Å². The Hall–Kier alpha value is -1.35. The van der Waals surface area contributed by atoms with E-state index >= 15 is 0 Å². The first-order chi connectivity index (χ1) is 9.06. The monoisotopic (exact) mass is 261 g/mol. The fourth-order valence-corrected chi connectivity index (χ4v) is 2.95. The predicted molar refractivity (Wildman–Crippen MR) is 76.2 cm³/mol. The van der Waals surface area contributed by atoms with Crippen LogP contribution in [0, 0.1) is 13.8 Å². The molecule has 3 nitrogen and oxygen atoms in total. The van der Waals surface area contributed by atoms with E-state index < -0.39 is 5.97 Å². The summed E-state index contributed by atoms with van der Waals surface area (Å²) in [5, 5.41) is 9.10. The van der Waals surface area contributed by atoms with Crippen LogP contribution in [-0.4, -0.2) is 28.6 Å². The van der Waals surface area contributed by atoms with Gasteiger partial charge in [0.25, 0.3) is 0 Å². The van der Waals surface area contributed by atoms with Gasteiger partial charge in [0.2, 0.25) is 0 Å². The number of nitrogens with zero attached hydrogens (tertiary/aromatic N) is 1. The zero-order valence-electron chi connectivity index (χ0n) is 11.9. The lowest BCUT2D eigenvalue weighted by molar-refractivity contribution is -0.139. The maximum Gasteiger partial charge on any atom is 0.317 e. The number of hydrogen-bond donors (Lipinski definition) is 1. The number of rotatable bonds is 5.